The zero-order chi connectivity index (χ0) is 13.8. The van der Waals surface area contributed by atoms with Crippen molar-refractivity contribution >= 4 is 23.3 Å². The average Bonchev–Trinajstić information content (AvgIpc) is 3.13. The van der Waals surface area contributed by atoms with Crippen LogP contribution in [0.5, 0.6) is 0 Å². The van der Waals surface area contributed by atoms with Gasteiger partial charge in [0.2, 0.25) is 0 Å². The van der Waals surface area contributed by atoms with Gasteiger partial charge in [-0.3, -0.25) is 9.89 Å². The Hall–Kier alpha value is -2.35. The summed E-state index contributed by atoms with van der Waals surface area (Å²) in [5.74, 6) is 0.632. The van der Waals surface area contributed by atoms with Gasteiger partial charge in [0.1, 0.15) is 12.0 Å². The lowest BCUT2D eigenvalue weighted by atomic mass is 10.2. The first-order valence-corrected chi connectivity index (χ1v) is 7.00. The number of H-pyrrole nitrogens is 1. The molecule has 0 unspecified atom stereocenters. The van der Waals surface area contributed by atoms with Crippen molar-refractivity contribution in [2.45, 2.75) is 5.16 Å². The van der Waals surface area contributed by atoms with Crippen LogP contribution in [0, 0.1) is 0 Å². The molecule has 0 bridgehead atoms. The molecule has 0 radical (unpaired) electrons. The van der Waals surface area contributed by atoms with E-state index >= 15 is 0 Å². The summed E-state index contributed by atoms with van der Waals surface area (Å²) < 4.78 is 1.82. The molecule has 0 aromatic carbocycles. The number of amides is 1. The number of aromatic nitrogens is 5. The number of imidazole rings is 1. The van der Waals surface area contributed by atoms with Gasteiger partial charge in [0.05, 0.1) is 5.56 Å². The van der Waals surface area contributed by atoms with Crippen molar-refractivity contribution < 1.29 is 4.79 Å². The maximum atomic E-state index is 12.0. The topological polar surface area (TPSA) is 88.0 Å². The van der Waals surface area contributed by atoms with Crippen molar-refractivity contribution in [2.24, 2.45) is 0 Å². The van der Waals surface area contributed by atoms with E-state index in [9.17, 15) is 4.79 Å². The van der Waals surface area contributed by atoms with Crippen LogP contribution in [0.1, 0.15) is 10.4 Å². The summed E-state index contributed by atoms with van der Waals surface area (Å²) in [7, 11) is 0. The number of hydrogen-bond donors (Lipinski definition) is 2. The number of fused-ring (bicyclic) bond motifs is 1. The Morgan fingerprint density at radius 1 is 1.40 bits per heavy atom. The van der Waals surface area contributed by atoms with Gasteiger partial charge in [-0.15, -0.1) is 0 Å². The molecule has 0 spiro atoms. The molecule has 1 amide bonds. The molecule has 3 heterocycles. The molecule has 0 aliphatic heterocycles. The molecular weight excluding hydrogens is 276 g/mol. The number of hydrogen-bond acceptors (Lipinski definition) is 5. The van der Waals surface area contributed by atoms with Gasteiger partial charge >= 0.3 is 0 Å². The van der Waals surface area contributed by atoms with Crippen LogP contribution in [0.3, 0.4) is 0 Å². The number of nitrogens with one attached hydrogen (secondary N) is 2. The van der Waals surface area contributed by atoms with E-state index in [2.05, 4.69) is 25.5 Å². The molecule has 8 heteroatoms. The first-order valence-electron chi connectivity index (χ1n) is 6.02. The lowest BCUT2D eigenvalue weighted by Crippen LogP contribution is -2.25. The van der Waals surface area contributed by atoms with Crippen LogP contribution < -0.4 is 5.32 Å². The van der Waals surface area contributed by atoms with Gasteiger partial charge in [-0.05, 0) is 12.1 Å². The molecule has 0 atom stereocenters. The van der Waals surface area contributed by atoms with Gasteiger partial charge in [0.15, 0.2) is 5.16 Å². The second-order valence-corrected chi connectivity index (χ2v) is 5.09. The third-order valence-electron chi connectivity index (χ3n) is 2.67. The number of pyridine rings is 1. The van der Waals surface area contributed by atoms with E-state index in [1.54, 1.807) is 18.5 Å². The first-order chi connectivity index (χ1) is 9.83. The van der Waals surface area contributed by atoms with E-state index in [4.69, 9.17) is 0 Å². The molecule has 3 aromatic heterocycles. The van der Waals surface area contributed by atoms with Crippen molar-refractivity contribution in [1.29, 1.82) is 0 Å². The van der Waals surface area contributed by atoms with E-state index in [1.807, 2.05) is 16.7 Å². The number of thioether (sulfide) groups is 1. The largest absolute Gasteiger partial charge is 0.351 e. The number of nitrogens with zero attached hydrogens (tertiary/aromatic N) is 4. The smallest absolute Gasteiger partial charge is 0.252 e. The van der Waals surface area contributed by atoms with E-state index < -0.39 is 0 Å². The summed E-state index contributed by atoms with van der Waals surface area (Å²) in [5.41, 5.74) is 1.43. The Balaban J connectivity index is 1.53. The minimum absolute atomic E-state index is 0.0984. The molecule has 3 aromatic rings. The lowest BCUT2D eigenvalue weighted by molar-refractivity contribution is 0.0955. The quantitative estimate of drug-likeness (QED) is 0.539. The average molecular weight is 288 g/mol. The number of rotatable bonds is 5. The Morgan fingerprint density at radius 2 is 2.35 bits per heavy atom. The maximum absolute atomic E-state index is 12.0. The second-order valence-electron chi connectivity index (χ2n) is 4.01. The van der Waals surface area contributed by atoms with Crippen LogP contribution in [0.25, 0.3) is 5.65 Å². The van der Waals surface area contributed by atoms with Crippen LogP contribution in [-0.2, 0) is 0 Å². The summed E-state index contributed by atoms with van der Waals surface area (Å²) in [6.07, 6.45) is 6.74. The molecule has 0 saturated heterocycles. The molecule has 0 saturated carbocycles. The maximum Gasteiger partial charge on any atom is 0.252 e. The molecule has 102 valence electrons. The summed E-state index contributed by atoms with van der Waals surface area (Å²) in [5, 5.41) is 10.1. The highest BCUT2D eigenvalue weighted by Crippen LogP contribution is 2.09. The van der Waals surface area contributed by atoms with Crippen LogP contribution in [0.4, 0.5) is 0 Å². The molecule has 0 aliphatic rings. The van der Waals surface area contributed by atoms with Gasteiger partial charge in [0, 0.05) is 30.9 Å². The van der Waals surface area contributed by atoms with Gasteiger partial charge in [0.25, 0.3) is 5.91 Å². The zero-order valence-electron chi connectivity index (χ0n) is 10.5. The van der Waals surface area contributed by atoms with Gasteiger partial charge in [-0.1, -0.05) is 11.8 Å². The SMILES string of the molecule is O=C(NCCSc1ncn[nH]1)c1ccc2nccn2c1. The third kappa shape index (κ3) is 2.80. The Morgan fingerprint density at radius 3 is 3.20 bits per heavy atom. The van der Waals surface area contributed by atoms with E-state index in [1.165, 1.54) is 18.1 Å². The molecule has 0 fully saturated rings. The van der Waals surface area contributed by atoms with Gasteiger partial charge in [-0.2, -0.15) is 5.10 Å². The van der Waals surface area contributed by atoms with Crippen molar-refractivity contribution in [2.75, 3.05) is 12.3 Å². The minimum atomic E-state index is -0.0984. The predicted molar refractivity (Wildman–Crippen MR) is 74.6 cm³/mol. The fraction of sp³-hybridized carbons (Fsp3) is 0.167. The van der Waals surface area contributed by atoms with Gasteiger partial charge in [-0.25, -0.2) is 9.97 Å². The Kier molecular flexibility index (Phi) is 3.64. The number of carbonyl (C=O) groups excluding carboxylic acids is 1. The predicted octanol–water partition coefficient (Wildman–Crippen LogP) is 0.974. The highest BCUT2D eigenvalue weighted by molar-refractivity contribution is 7.99. The third-order valence-corrected chi connectivity index (χ3v) is 3.55. The van der Waals surface area contributed by atoms with Crippen molar-refractivity contribution in [3.8, 4) is 0 Å². The lowest BCUT2D eigenvalue weighted by Gasteiger charge is -2.04. The fourth-order valence-electron chi connectivity index (χ4n) is 1.73. The van der Waals surface area contributed by atoms with Crippen molar-refractivity contribution in [3.05, 3.63) is 42.6 Å². The van der Waals surface area contributed by atoms with Crippen molar-refractivity contribution in [1.82, 2.24) is 29.9 Å². The normalized spacial score (nSPS) is 10.8. The molecule has 20 heavy (non-hydrogen) atoms. The highest BCUT2D eigenvalue weighted by Gasteiger charge is 2.06. The van der Waals surface area contributed by atoms with E-state index in [-0.39, 0.29) is 5.91 Å². The standard InChI is InChI=1S/C12H12N6OS/c19-11(14-4-6-20-12-15-8-16-17-12)9-1-2-10-13-3-5-18(10)7-9/h1-3,5,7-8H,4,6H2,(H,14,19)(H,15,16,17). The fourth-order valence-corrected chi connectivity index (χ4v) is 2.37. The summed E-state index contributed by atoms with van der Waals surface area (Å²) in [6.45, 7) is 0.562. The van der Waals surface area contributed by atoms with Gasteiger partial charge < -0.3 is 9.72 Å². The van der Waals surface area contributed by atoms with Crippen LogP contribution in [0.15, 0.2) is 42.2 Å². The monoisotopic (exact) mass is 288 g/mol. The van der Waals surface area contributed by atoms with E-state index in [0.717, 1.165) is 16.6 Å². The highest BCUT2D eigenvalue weighted by atomic mass is 32.2. The summed E-state index contributed by atoms with van der Waals surface area (Å²) in [6, 6.07) is 3.58. The summed E-state index contributed by atoms with van der Waals surface area (Å²) >= 11 is 1.51. The minimum Gasteiger partial charge on any atom is -0.351 e. The van der Waals surface area contributed by atoms with E-state index in [0.29, 0.717) is 12.1 Å². The van der Waals surface area contributed by atoms with Crippen molar-refractivity contribution in [3.63, 3.8) is 0 Å². The molecule has 2 N–H and O–H groups in total. The Labute approximate surface area is 118 Å². The zero-order valence-corrected chi connectivity index (χ0v) is 11.3. The van der Waals surface area contributed by atoms with Crippen LogP contribution in [0.2, 0.25) is 0 Å². The van der Waals surface area contributed by atoms with Crippen LogP contribution >= 0.6 is 11.8 Å². The molecule has 7 nitrogen and oxygen atoms in total. The summed E-state index contributed by atoms with van der Waals surface area (Å²) in [4.78, 5) is 20.1. The number of carbonyl (C=O) groups is 1. The Bertz CT molecular complexity index is 708. The number of aromatic amines is 1. The van der Waals surface area contributed by atoms with Crippen LogP contribution in [-0.4, -0.2) is 42.8 Å². The first kappa shape index (κ1) is 12.7. The molecule has 3 rings (SSSR count). The molecule has 0 aliphatic carbocycles. The second kappa shape index (κ2) is 5.74. The molecular formula is C12H12N6OS.